The Morgan fingerprint density at radius 2 is 1.93 bits per heavy atom. The fourth-order valence-electron chi connectivity index (χ4n) is 5.17. The average molecular weight is 583 g/mol. The molecule has 0 radical (unpaired) electrons. The number of alkyl carbamates (subject to hydrolysis) is 1. The number of benzene rings is 1. The lowest BCUT2D eigenvalue weighted by atomic mass is 10.1. The standard InChI is InChI=1S/C30H38N4O8/c1-7-18-15-30(18,27(37)38)33-25(35)22-14-19(41-23-12-13-31-21-11-9-8-10-20(21)23)16-34(22)26(36)24(17(2)40-6)32-28(39)42-29(3,4)5/h7-13,17-19,22,24H,1,14-16H2,2-6H3,(H,32,39)(H,33,35)(H,37,38)/t17-,18+,19-,22+,24+,30?/m1/s1. The highest BCUT2D eigenvalue weighted by molar-refractivity contribution is 5.96. The van der Waals surface area contributed by atoms with E-state index in [0.29, 0.717) is 5.75 Å². The highest BCUT2D eigenvalue weighted by Crippen LogP contribution is 2.45. The molecular weight excluding hydrogens is 544 g/mol. The van der Waals surface area contributed by atoms with Crippen LogP contribution in [0.2, 0.25) is 0 Å². The number of likely N-dealkylation sites (tertiary alicyclic amines) is 1. The molecule has 2 aromatic rings. The van der Waals surface area contributed by atoms with Crippen LogP contribution in [0.4, 0.5) is 4.79 Å². The van der Waals surface area contributed by atoms with Crippen molar-refractivity contribution in [3.63, 3.8) is 0 Å². The summed E-state index contributed by atoms with van der Waals surface area (Å²) in [5, 5.41) is 15.8. The molecule has 4 rings (SSSR count). The van der Waals surface area contributed by atoms with Crippen molar-refractivity contribution in [2.24, 2.45) is 5.92 Å². The molecule has 12 nitrogen and oxygen atoms in total. The number of carbonyl (C=O) groups excluding carboxylic acids is 3. The minimum Gasteiger partial charge on any atom is -0.488 e. The van der Waals surface area contributed by atoms with Crippen molar-refractivity contribution in [3.8, 4) is 5.75 Å². The quantitative estimate of drug-likeness (QED) is 0.358. The first-order valence-corrected chi connectivity index (χ1v) is 13.8. The van der Waals surface area contributed by atoms with Crippen LogP contribution in [0.3, 0.4) is 0 Å². The van der Waals surface area contributed by atoms with Crippen LogP contribution in [0, 0.1) is 5.92 Å². The molecule has 0 spiro atoms. The van der Waals surface area contributed by atoms with Gasteiger partial charge >= 0.3 is 12.1 Å². The number of methoxy groups -OCH3 is 1. The molecule has 1 aromatic carbocycles. The summed E-state index contributed by atoms with van der Waals surface area (Å²) in [6.45, 7) is 10.4. The maximum absolute atomic E-state index is 14.0. The van der Waals surface area contributed by atoms with Gasteiger partial charge in [-0.15, -0.1) is 6.58 Å². The summed E-state index contributed by atoms with van der Waals surface area (Å²) in [5.74, 6) is -2.31. The maximum Gasteiger partial charge on any atom is 0.408 e. The summed E-state index contributed by atoms with van der Waals surface area (Å²) < 4.78 is 17.1. The zero-order valence-electron chi connectivity index (χ0n) is 24.5. The molecule has 1 aliphatic heterocycles. The number of hydrogen-bond donors (Lipinski definition) is 3. The Kier molecular flexibility index (Phi) is 8.76. The summed E-state index contributed by atoms with van der Waals surface area (Å²) in [6.07, 6.45) is 1.17. The Hall–Kier alpha value is -4.19. The van der Waals surface area contributed by atoms with E-state index in [1.807, 2.05) is 24.3 Å². The van der Waals surface area contributed by atoms with E-state index in [1.54, 1.807) is 40.0 Å². The molecule has 3 N–H and O–H groups in total. The molecule has 3 amide bonds. The number of carboxylic acid groups (broad SMARTS) is 1. The lowest BCUT2D eigenvalue weighted by Gasteiger charge is -2.32. The molecule has 226 valence electrons. The Labute approximate surface area is 244 Å². The number of ether oxygens (including phenoxy) is 3. The number of amides is 3. The van der Waals surface area contributed by atoms with Gasteiger partial charge in [-0.05, 0) is 52.3 Å². The monoisotopic (exact) mass is 582 g/mol. The molecule has 0 bridgehead atoms. The third kappa shape index (κ3) is 6.48. The molecule has 2 heterocycles. The Bertz CT molecular complexity index is 1370. The first kappa shape index (κ1) is 30.8. The summed E-state index contributed by atoms with van der Waals surface area (Å²) in [5.41, 5.74) is -1.58. The summed E-state index contributed by atoms with van der Waals surface area (Å²) >= 11 is 0. The molecule has 12 heteroatoms. The number of fused-ring (bicyclic) bond motifs is 1. The number of carboxylic acids is 1. The summed E-state index contributed by atoms with van der Waals surface area (Å²) in [7, 11) is 1.40. The van der Waals surface area contributed by atoms with Crippen LogP contribution < -0.4 is 15.4 Å². The minimum atomic E-state index is -1.48. The highest BCUT2D eigenvalue weighted by Gasteiger charge is 2.61. The van der Waals surface area contributed by atoms with Crippen LogP contribution in [0.1, 0.15) is 40.5 Å². The number of hydrogen-bond acceptors (Lipinski definition) is 8. The van der Waals surface area contributed by atoms with Gasteiger partial charge in [0.15, 0.2) is 0 Å². The third-order valence-electron chi connectivity index (χ3n) is 7.56. The molecule has 1 unspecified atom stereocenters. The first-order chi connectivity index (χ1) is 19.8. The molecule has 42 heavy (non-hydrogen) atoms. The van der Waals surface area contributed by atoms with Gasteiger partial charge in [-0.25, -0.2) is 9.59 Å². The van der Waals surface area contributed by atoms with Gasteiger partial charge in [0.2, 0.25) is 11.8 Å². The smallest absolute Gasteiger partial charge is 0.408 e. The van der Waals surface area contributed by atoms with Gasteiger partial charge in [-0.1, -0.05) is 18.2 Å². The average Bonchev–Trinajstić information content (AvgIpc) is 3.50. The second kappa shape index (κ2) is 12.0. The van der Waals surface area contributed by atoms with Crippen LogP contribution >= 0.6 is 0 Å². The van der Waals surface area contributed by atoms with Gasteiger partial charge in [0.05, 0.1) is 18.2 Å². The first-order valence-electron chi connectivity index (χ1n) is 13.8. The van der Waals surface area contributed by atoms with Gasteiger partial charge in [0.25, 0.3) is 0 Å². The van der Waals surface area contributed by atoms with Crippen LogP contribution in [0.15, 0.2) is 49.2 Å². The SMILES string of the molecule is C=C[C@H]1CC1(NC(=O)[C@@H]1C[C@@H](Oc2ccnc3ccccc23)CN1C(=O)[C@@H](NC(=O)OC(C)(C)C)[C@@H](C)OC)C(=O)O. The van der Waals surface area contributed by atoms with Crippen molar-refractivity contribution in [1.82, 2.24) is 20.5 Å². The topological polar surface area (TPSA) is 156 Å². The zero-order valence-corrected chi connectivity index (χ0v) is 24.5. The van der Waals surface area contributed by atoms with E-state index in [-0.39, 0.29) is 19.4 Å². The van der Waals surface area contributed by atoms with Crippen LogP contribution in [0.25, 0.3) is 10.9 Å². The van der Waals surface area contributed by atoms with E-state index >= 15 is 0 Å². The summed E-state index contributed by atoms with van der Waals surface area (Å²) in [4.78, 5) is 58.0. The number of rotatable bonds is 10. The lowest BCUT2D eigenvalue weighted by Crippen LogP contribution is -2.59. The fourth-order valence-corrected chi connectivity index (χ4v) is 5.17. The number of carbonyl (C=O) groups is 4. The molecule has 2 aliphatic rings. The molecule has 6 atom stereocenters. The Morgan fingerprint density at radius 3 is 2.55 bits per heavy atom. The van der Waals surface area contributed by atoms with Crippen LogP contribution in [-0.2, 0) is 23.9 Å². The molecule has 1 aromatic heterocycles. The molecule has 1 aliphatic carbocycles. The minimum absolute atomic E-state index is 0.00145. The highest BCUT2D eigenvalue weighted by atomic mass is 16.6. The van der Waals surface area contributed by atoms with Gasteiger partial charge in [-0.2, -0.15) is 0 Å². The predicted molar refractivity (Wildman–Crippen MR) is 153 cm³/mol. The lowest BCUT2D eigenvalue weighted by molar-refractivity contribution is -0.146. The van der Waals surface area contributed by atoms with Crippen LogP contribution in [-0.4, -0.2) is 88.0 Å². The number of aromatic nitrogens is 1. The predicted octanol–water partition coefficient (Wildman–Crippen LogP) is 2.66. The van der Waals surface area contributed by atoms with E-state index in [2.05, 4.69) is 22.2 Å². The van der Waals surface area contributed by atoms with Gasteiger partial charge in [0, 0.05) is 31.0 Å². The van der Waals surface area contributed by atoms with Crippen molar-refractivity contribution in [3.05, 3.63) is 49.2 Å². The largest absolute Gasteiger partial charge is 0.488 e. The Morgan fingerprint density at radius 1 is 1.21 bits per heavy atom. The zero-order chi connectivity index (χ0) is 30.8. The van der Waals surface area contributed by atoms with Crippen molar-refractivity contribution in [2.75, 3.05) is 13.7 Å². The number of pyridine rings is 1. The number of nitrogens with zero attached hydrogens (tertiary/aromatic N) is 2. The second-order valence-electron chi connectivity index (χ2n) is 11.7. The molecular formula is C30H38N4O8. The normalized spacial score (nSPS) is 24.8. The van der Waals surface area contributed by atoms with Gasteiger partial charge < -0.3 is 34.9 Å². The third-order valence-corrected chi connectivity index (χ3v) is 7.56. The van der Waals surface area contributed by atoms with Crippen molar-refractivity contribution in [2.45, 2.75) is 76.0 Å². The van der Waals surface area contributed by atoms with Gasteiger partial charge in [-0.3, -0.25) is 14.6 Å². The van der Waals surface area contributed by atoms with Gasteiger partial charge in [0.1, 0.15) is 35.1 Å². The Balaban J connectivity index is 1.62. The van der Waals surface area contributed by atoms with E-state index in [9.17, 15) is 24.3 Å². The van der Waals surface area contributed by atoms with E-state index in [1.165, 1.54) is 18.1 Å². The molecule has 1 saturated heterocycles. The number of aliphatic carboxylic acids is 1. The number of nitrogens with one attached hydrogen (secondary N) is 2. The van der Waals surface area contributed by atoms with Crippen molar-refractivity contribution < 1.29 is 38.5 Å². The molecule has 2 fully saturated rings. The fraction of sp³-hybridized carbons (Fsp3) is 0.500. The van der Waals surface area contributed by atoms with E-state index in [0.717, 1.165) is 10.9 Å². The van der Waals surface area contributed by atoms with E-state index in [4.69, 9.17) is 14.2 Å². The maximum atomic E-state index is 14.0. The second-order valence-corrected chi connectivity index (χ2v) is 11.7. The summed E-state index contributed by atoms with van der Waals surface area (Å²) in [6, 6.07) is 6.85. The van der Waals surface area contributed by atoms with Crippen LogP contribution in [0.5, 0.6) is 5.75 Å². The van der Waals surface area contributed by atoms with Crippen molar-refractivity contribution in [1.29, 1.82) is 0 Å². The molecule has 1 saturated carbocycles. The number of para-hydroxylation sites is 1. The van der Waals surface area contributed by atoms with E-state index < -0.39 is 65.2 Å². The van der Waals surface area contributed by atoms with Crippen molar-refractivity contribution >= 4 is 34.8 Å².